The van der Waals surface area contributed by atoms with Crippen molar-refractivity contribution in [2.75, 3.05) is 0 Å². The first-order valence-electron chi connectivity index (χ1n) is 17.0. The fourth-order valence-corrected chi connectivity index (χ4v) is 7.58. The third-order valence-corrected chi connectivity index (χ3v) is 9.98. The van der Waals surface area contributed by atoms with Crippen LogP contribution in [-0.2, 0) is 0 Å². The second kappa shape index (κ2) is 13.1. The molecule has 230 valence electrons. The third kappa shape index (κ3) is 5.91. The number of benzene rings is 2. The highest BCUT2D eigenvalue weighted by Gasteiger charge is 2.45. The number of hydrogen-bond donors (Lipinski definition) is 2. The second-order valence-corrected chi connectivity index (χ2v) is 13.0. The lowest BCUT2D eigenvalue weighted by atomic mass is 9.83. The quantitative estimate of drug-likeness (QED) is 0.334. The standard InChI is InChI=1S/C42H42N4/c1-5-15-30(16-6-1)38-29-39(31-17-7-2-8-18-31)44-40(43-38)35-23-13-21-33(27-35)34-22-14-24-36(28-34)42-45-41(32-19-9-3-10-20-32)46(42)37-25-11-4-12-26-37/h1-2,4-9,11-22,25,27-29,35-38,41-42,45H,3,10,23-24,26H2,(H,43,44). The fourth-order valence-electron chi connectivity index (χ4n) is 7.58. The summed E-state index contributed by atoms with van der Waals surface area (Å²) in [4.78, 5) is 8.00. The Hall–Kier alpha value is -4.51. The largest absolute Gasteiger partial charge is 0.343 e. The minimum absolute atomic E-state index is 0.0185. The van der Waals surface area contributed by atoms with Crippen LogP contribution in [0.25, 0.3) is 5.70 Å². The van der Waals surface area contributed by atoms with Crippen LogP contribution in [-0.4, -0.2) is 29.1 Å². The molecule has 2 aromatic carbocycles. The molecule has 0 bridgehead atoms. The lowest BCUT2D eigenvalue weighted by Gasteiger charge is -2.56. The van der Waals surface area contributed by atoms with Crippen molar-refractivity contribution in [3.05, 3.63) is 174 Å². The van der Waals surface area contributed by atoms with E-state index in [-0.39, 0.29) is 18.1 Å². The van der Waals surface area contributed by atoms with Crippen LogP contribution in [0.4, 0.5) is 0 Å². The molecular formula is C42H42N4. The van der Waals surface area contributed by atoms with Crippen molar-refractivity contribution in [3.63, 3.8) is 0 Å². The van der Waals surface area contributed by atoms with Crippen LogP contribution < -0.4 is 10.6 Å². The summed E-state index contributed by atoms with van der Waals surface area (Å²) in [5, 5.41) is 7.73. The summed E-state index contributed by atoms with van der Waals surface area (Å²) in [5.74, 6) is 1.62. The van der Waals surface area contributed by atoms with Crippen LogP contribution in [0.2, 0.25) is 0 Å². The van der Waals surface area contributed by atoms with Gasteiger partial charge in [-0.15, -0.1) is 0 Å². The van der Waals surface area contributed by atoms with E-state index in [0.717, 1.165) is 43.6 Å². The lowest BCUT2D eigenvalue weighted by molar-refractivity contribution is -0.0495. The zero-order chi connectivity index (χ0) is 30.7. The molecule has 2 N–H and O–H groups in total. The Morgan fingerprint density at radius 3 is 2.30 bits per heavy atom. The van der Waals surface area contributed by atoms with Gasteiger partial charge in [-0.3, -0.25) is 15.2 Å². The van der Waals surface area contributed by atoms with Gasteiger partial charge in [0.1, 0.15) is 5.84 Å². The van der Waals surface area contributed by atoms with E-state index in [4.69, 9.17) is 4.99 Å². The van der Waals surface area contributed by atoms with Gasteiger partial charge < -0.3 is 5.32 Å². The maximum absolute atomic E-state index is 5.28. The van der Waals surface area contributed by atoms with Crippen LogP contribution in [0.15, 0.2) is 167 Å². The van der Waals surface area contributed by atoms with Gasteiger partial charge in [-0.05, 0) is 66.0 Å². The first kappa shape index (κ1) is 28.9. The highest BCUT2D eigenvalue weighted by molar-refractivity contribution is 5.96. The topological polar surface area (TPSA) is 39.7 Å². The summed E-state index contributed by atoms with van der Waals surface area (Å²) in [6.45, 7) is 0. The summed E-state index contributed by atoms with van der Waals surface area (Å²) < 4.78 is 0. The molecule has 0 spiro atoms. The average Bonchev–Trinajstić information content (AvgIpc) is 3.13. The van der Waals surface area contributed by atoms with Crippen molar-refractivity contribution in [2.24, 2.45) is 16.8 Å². The Balaban J connectivity index is 1.06. The van der Waals surface area contributed by atoms with Crippen LogP contribution >= 0.6 is 0 Å². The highest BCUT2D eigenvalue weighted by atomic mass is 15.5. The Bertz CT molecular complexity index is 1750. The Labute approximate surface area is 273 Å². The van der Waals surface area contributed by atoms with Crippen molar-refractivity contribution in [1.82, 2.24) is 15.5 Å². The molecule has 0 radical (unpaired) electrons. The number of rotatable bonds is 7. The molecule has 1 fully saturated rings. The Morgan fingerprint density at radius 1 is 0.717 bits per heavy atom. The summed E-state index contributed by atoms with van der Waals surface area (Å²) in [6, 6.07) is 21.7. The molecule has 2 aliphatic heterocycles. The van der Waals surface area contributed by atoms with Crippen LogP contribution in [0.5, 0.6) is 0 Å². The smallest absolute Gasteiger partial charge is 0.109 e. The van der Waals surface area contributed by atoms with E-state index in [9.17, 15) is 0 Å². The maximum Gasteiger partial charge on any atom is 0.109 e. The average molecular weight is 603 g/mol. The molecule has 46 heavy (non-hydrogen) atoms. The minimum Gasteiger partial charge on any atom is -0.343 e. The van der Waals surface area contributed by atoms with Crippen LogP contribution in [0.1, 0.15) is 49.3 Å². The number of hydrogen-bond acceptors (Lipinski definition) is 4. The molecule has 6 unspecified atom stereocenters. The third-order valence-electron chi connectivity index (χ3n) is 9.98. The molecule has 1 saturated heterocycles. The van der Waals surface area contributed by atoms with Gasteiger partial charge in [0.05, 0.1) is 18.4 Å². The van der Waals surface area contributed by atoms with Gasteiger partial charge in [0.25, 0.3) is 0 Å². The number of allylic oxidation sites excluding steroid dienone is 10. The van der Waals surface area contributed by atoms with Gasteiger partial charge in [-0.25, -0.2) is 0 Å². The zero-order valence-corrected chi connectivity index (χ0v) is 26.3. The molecule has 4 aliphatic carbocycles. The van der Waals surface area contributed by atoms with Gasteiger partial charge >= 0.3 is 0 Å². The number of aliphatic imine (C=N–C) groups is 1. The van der Waals surface area contributed by atoms with Crippen molar-refractivity contribution in [3.8, 4) is 0 Å². The predicted octanol–water partition coefficient (Wildman–Crippen LogP) is 8.49. The molecule has 4 heteroatoms. The van der Waals surface area contributed by atoms with E-state index in [1.165, 1.54) is 27.8 Å². The molecule has 8 rings (SSSR count). The van der Waals surface area contributed by atoms with Gasteiger partial charge in [0.2, 0.25) is 0 Å². The molecule has 6 aliphatic rings. The molecule has 0 amide bonds. The minimum atomic E-state index is -0.0185. The Morgan fingerprint density at radius 2 is 1.52 bits per heavy atom. The Kier molecular flexibility index (Phi) is 8.22. The van der Waals surface area contributed by atoms with Crippen LogP contribution in [0.3, 0.4) is 0 Å². The molecule has 0 saturated carbocycles. The van der Waals surface area contributed by atoms with E-state index < -0.39 is 0 Å². The monoisotopic (exact) mass is 602 g/mol. The summed E-state index contributed by atoms with van der Waals surface area (Å²) in [6.07, 6.45) is 38.6. The van der Waals surface area contributed by atoms with Gasteiger partial charge in [0, 0.05) is 23.6 Å². The fraction of sp³-hybridized carbons (Fsp3) is 0.262. The molecule has 4 nitrogen and oxygen atoms in total. The van der Waals surface area contributed by atoms with Gasteiger partial charge in [-0.1, -0.05) is 140 Å². The first-order valence-corrected chi connectivity index (χ1v) is 17.0. The van der Waals surface area contributed by atoms with Crippen LogP contribution in [0, 0.1) is 11.8 Å². The second-order valence-electron chi connectivity index (χ2n) is 13.0. The number of amidine groups is 1. The van der Waals surface area contributed by atoms with E-state index in [1.807, 2.05) is 0 Å². The predicted molar refractivity (Wildman–Crippen MR) is 191 cm³/mol. The van der Waals surface area contributed by atoms with Crippen molar-refractivity contribution < 1.29 is 0 Å². The summed E-state index contributed by atoms with van der Waals surface area (Å²) in [5.41, 5.74) is 7.54. The van der Waals surface area contributed by atoms with Crippen molar-refractivity contribution in [2.45, 2.75) is 56.5 Å². The summed E-state index contributed by atoms with van der Waals surface area (Å²) >= 11 is 0. The molecule has 2 aromatic rings. The van der Waals surface area contributed by atoms with Gasteiger partial charge in [0.15, 0.2) is 0 Å². The zero-order valence-electron chi connectivity index (χ0n) is 26.3. The first-order chi connectivity index (χ1) is 22.8. The van der Waals surface area contributed by atoms with Crippen molar-refractivity contribution in [1.29, 1.82) is 0 Å². The number of nitrogens with zero attached hydrogens (tertiary/aromatic N) is 2. The normalized spacial score (nSPS) is 30.4. The molecular weight excluding hydrogens is 560 g/mol. The highest BCUT2D eigenvalue weighted by Crippen LogP contribution is 2.38. The van der Waals surface area contributed by atoms with E-state index in [2.05, 4.69) is 161 Å². The van der Waals surface area contributed by atoms with Gasteiger partial charge in [-0.2, -0.15) is 0 Å². The van der Waals surface area contributed by atoms with Crippen molar-refractivity contribution >= 4 is 11.5 Å². The molecule has 2 heterocycles. The van der Waals surface area contributed by atoms with E-state index in [1.54, 1.807) is 0 Å². The lowest BCUT2D eigenvalue weighted by Crippen LogP contribution is -2.74. The van der Waals surface area contributed by atoms with E-state index in [0.29, 0.717) is 18.1 Å². The summed E-state index contributed by atoms with van der Waals surface area (Å²) in [7, 11) is 0. The SMILES string of the molecule is C1=CCC(N2C(C3=CCCC=C3)NC2C2C=C(C3=CC(C4=NC(c5ccccc5)C=C(c5ccccc5)N4)CC=C3)C=CC2)C=C1. The number of nitrogens with one attached hydrogen (secondary N) is 2. The van der Waals surface area contributed by atoms with E-state index >= 15 is 0 Å². The maximum atomic E-state index is 5.28. The molecule has 6 atom stereocenters. The molecule has 0 aromatic heterocycles.